The summed E-state index contributed by atoms with van der Waals surface area (Å²) < 4.78 is 32.0. The highest BCUT2D eigenvalue weighted by Gasteiger charge is 2.11. The summed E-state index contributed by atoms with van der Waals surface area (Å²) in [5.74, 6) is 1.15. The first-order valence-corrected chi connectivity index (χ1v) is 7.44. The number of thiol groups is 1. The van der Waals surface area contributed by atoms with Gasteiger partial charge in [-0.3, -0.25) is 0 Å². The summed E-state index contributed by atoms with van der Waals surface area (Å²) in [4.78, 5) is 8.53. The van der Waals surface area contributed by atoms with E-state index in [1.807, 2.05) is 0 Å². The molecule has 2 aromatic heterocycles. The van der Waals surface area contributed by atoms with Crippen molar-refractivity contribution < 1.29 is 17.7 Å². The molecule has 3 rings (SSSR count). The first-order chi connectivity index (χ1) is 10.7. The molecule has 0 fully saturated rings. The molecule has 0 N–H and O–H groups in total. The zero-order valence-corrected chi connectivity index (χ0v) is 12.4. The van der Waals surface area contributed by atoms with Gasteiger partial charge < -0.3 is 9.26 Å². The van der Waals surface area contributed by atoms with Gasteiger partial charge in [-0.05, 0) is 30.3 Å². The van der Waals surface area contributed by atoms with Gasteiger partial charge in [0.25, 0.3) is 5.89 Å². The molecule has 22 heavy (non-hydrogen) atoms. The lowest BCUT2D eigenvalue weighted by atomic mass is 10.2. The smallest absolute Gasteiger partial charge is 0.258 e. The predicted octanol–water partition coefficient (Wildman–Crippen LogP) is 1.78. The summed E-state index contributed by atoms with van der Waals surface area (Å²) >= 11 is 0. The van der Waals surface area contributed by atoms with Crippen LogP contribution in [-0.2, 0) is 10.7 Å². The number of nitrogens with zero attached hydrogens (tertiary/aromatic N) is 3. The minimum absolute atomic E-state index is 0.237. The zero-order valence-electron chi connectivity index (χ0n) is 11.5. The second-order valence-corrected chi connectivity index (χ2v) is 5.34. The van der Waals surface area contributed by atoms with E-state index in [-0.39, 0.29) is 4.90 Å². The molecular weight excluding hydrogens is 306 g/mol. The Morgan fingerprint density at radius 1 is 1.09 bits per heavy atom. The Kier molecular flexibility index (Phi) is 3.84. The Labute approximate surface area is 127 Å². The van der Waals surface area contributed by atoms with Crippen LogP contribution in [0.2, 0.25) is 0 Å². The van der Waals surface area contributed by atoms with E-state index in [9.17, 15) is 8.42 Å². The fraction of sp³-hybridized carbons (Fsp3) is 0.0714. The molecule has 7 nitrogen and oxygen atoms in total. The second-order valence-electron chi connectivity index (χ2n) is 4.31. The highest BCUT2D eigenvalue weighted by Crippen LogP contribution is 2.24. The zero-order chi connectivity index (χ0) is 15.5. The maximum atomic E-state index is 10.9. The van der Waals surface area contributed by atoms with Crippen molar-refractivity contribution in [2.75, 3.05) is 7.11 Å². The first-order valence-electron chi connectivity index (χ1n) is 6.26. The Hall–Kier alpha value is -2.74. The molecule has 2 heterocycles. The van der Waals surface area contributed by atoms with Gasteiger partial charge in [-0.1, -0.05) is 5.16 Å². The minimum Gasteiger partial charge on any atom is -0.481 e. The molecule has 0 bridgehead atoms. The monoisotopic (exact) mass is 317 g/mol. The summed E-state index contributed by atoms with van der Waals surface area (Å²) in [7, 11) is -1.08. The third-order valence-corrected chi connectivity index (χ3v) is 3.67. The topological polar surface area (TPSA) is 95.2 Å². The van der Waals surface area contributed by atoms with Gasteiger partial charge in [0.2, 0.25) is 11.7 Å². The average Bonchev–Trinajstić information content (AvgIpc) is 3.05. The fourth-order valence-corrected chi connectivity index (χ4v) is 2.24. The van der Waals surface area contributed by atoms with Crippen LogP contribution in [0.5, 0.6) is 5.88 Å². The number of rotatable bonds is 4. The van der Waals surface area contributed by atoms with Gasteiger partial charge in [0, 0.05) is 23.4 Å². The third kappa shape index (κ3) is 2.82. The van der Waals surface area contributed by atoms with Crippen LogP contribution >= 0.6 is 0 Å². The molecule has 0 atom stereocenters. The van der Waals surface area contributed by atoms with Crippen molar-refractivity contribution >= 4 is 10.7 Å². The van der Waals surface area contributed by atoms with Crippen molar-refractivity contribution in [3.8, 4) is 28.7 Å². The number of methoxy groups -OCH3 is 1. The number of ether oxygens (including phenoxy) is 1. The van der Waals surface area contributed by atoms with Crippen LogP contribution in [0.4, 0.5) is 0 Å². The van der Waals surface area contributed by atoms with Gasteiger partial charge in [-0.2, -0.15) is 4.98 Å². The maximum Gasteiger partial charge on any atom is 0.258 e. The van der Waals surface area contributed by atoms with Crippen LogP contribution in [0.1, 0.15) is 0 Å². The number of hydrogen-bond donors (Lipinski definition) is 1. The lowest BCUT2D eigenvalue weighted by Gasteiger charge is -1.98. The molecular formula is C14H11N3O4S. The van der Waals surface area contributed by atoms with Crippen molar-refractivity contribution in [3.05, 3.63) is 42.6 Å². The standard InChI is InChI=1S/C14H11N3O4S/c1-20-12-8-10(6-7-15-12)14-16-13(17-21-14)9-2-4-11(5-3-9)22(18)19/h2-8,22H,1H3. The van der Waals surface area contributed by atoms with Gasteiger partial charge in [-0.15, -0.1) is 0 Å². The van der Waals surface area contributed by atoms with E-state index < -0.39 is 10.7 Å². The molecule has 0 saturated carbocycles. The van der Waals surface area contributed by atoms with Crippen LogP contribution in [0.25, 0.3) is 22.8 Å². The molecule has 0 radical (unpaired) electrons. The molecule has 112 valence electrons. The first kappa shape index (κ1) is 14.2. The van der Waals surface area contributed by atoms with Crippen molar-refractivity contribution in [2.45, 2.75) is 4.90 Å². The van der Waals surface area contributed by atoms with Crippen LogP contribution in [-0.4, -0.2) is 30.7 Å². The lowest BCUT2D eigenvalue weighted by molar-refractivity contribution is 0.397. The number of hydrogen-bond acceptors (Lipinski definition) is 7. The summed E-state index contributed by atoms with van der Waals surface area (Å²) in [6, 6.07) is 9.65. The van der Waals surface area contributed by atoms with Gasteiger partial charge in [-0.25, -0.2) is 13.4 Å². The van der Waals surface area contributed by atoms with E-state index in [2.05, 4.69) is 15.1 Å². The fourth-order valence-electron chi connectivity index (χ4n) is 1.84. The highest BCUT2D eigenvalue weighted by atomic mass is 32.2. The minimum atomic E-state index is -2.60. The van der Waals surface area contributed by atoms with E-state index in [0.717, 1.165) is 0 Å². The van der Waals surface area contributed by atoms with E-state index in [0.29, 0.717) is 28.7 Å². The Bertz CT molecular complexity index is 864. The number of aromatic nitrogens is 3. The quantitative estimate of drug-likeness (QED) is 0.733. The molecule has 1 aromatic carbocycles. The third-order valence-electron chi connectivity index (χ3n) is 2.95. The predicted molar refractivity (Wildman–Crippen MR) is 78.1 cm³/mol. The molecule has 0 unspecified atom stereocenters. The summed E-state index contributed by atoms with van der Waals surface area (Å²) in [5, 5.41) is 3.89. The van der Waals surface area contributed by atoms with Crippen LogP contribution in [0.3, 0.4) is 0 Å². The molecule has 0 aliphatic rings. The SMILES string of the molecule is COc1cc(-c2nc(-c3ccc([SH](=O)=O)cc3)no2)ccn1. The van der Waals surface area contributed by atoms with Crippen molar-refractivity contribution in [1.29, 1.82) is 0 Å². The lowest BCUT2D eigenvalue weighted by Crippen LogP contribution is -1.87. The average molecular weight is 317 g/mol. The molecule has 3 aromatic rings. The Morgan fingerprint density at radius 2 is 1.86 bits per heavy atom. The van der Waals surface area contributed by atoms with Gasteiger partial charge in [0.15, 0.2) is 10.7 Å². The second kappa shape index (κ2) is 5.94. The molecule has 0 saturated heterocycles. The van der Waals surface area contributed by atoms with Crippen LogP contribution in [0, 0.1) is 0 Å². The van der Waals surface area contributed by atoms with Gasteiger partial charge >= 0.3 is 0 Å². The van der Waals surface area contributed by atoms with E-state index in [1.165, 1.54) is 19.2 Å². The molecule has 0 spiro atoms. The highest BCUT2D eigenvalue weighted by molar-refractivity contribution is 7.72. The summed E-state index contributed by atoms with van der Waals surface area (Å²) in [5.41, 5.74) is 1.35. The van der Waals surface area contributed by atoms with Crippen LogP contribution in [0.15, 0.2) is 52.0 Å². The van der Waals surface area contributed by atoms with Gasteiger partial charge in [0.05, 0.1) is 12.0 Å². The molecule has 0 amide bonds. The summed E-state index contributed by atoms with van der Waals surface area (Å²) in [6.07, 6.45) is 1.58. The van der Waals surface area contributed by atoms with Crippen molar-refractivity contribution in [3.63, 3.8) is 0 Å². The molecule has 0 aliphatic carbocycles. The largest absolute Gasteiger partial charge is 0.481 e. The maximum absolute atomic E-state index is 10.9. The van der Waals surface area contributed by atoms with Gasteiger partial charge in [0.1, 0.15) is 0 Å². The Morgan fingerprint density at radius 3 is 2.55 bits per heavy atom. The van der Waals surface area contributed by atoms with E-state index >= 15 is 0 Å². The van der Waals surface area contributed by atoms with Crippen molar-refractivity contribution in [1.82, 2.24) is 15.1 Å². The Balaban J connectivity index is 1.92. The molecule has 0 aliphatic heterocycles. The normalized spacial score (nSPS) is 10.8. The van der Waals surface area contributed by atoms with Crippen molar-refractivity contribution in [2.24, 2.45) is 0 Å². The van der Waals surface area contributed by atoms with E-state index in [1.54, 1.807) is 30.5 Å². The summed E-state index contributed by atoms with van der Waals surface area (Å²) in [6.45, 7) is 0. The van der Waals surface area contributed by atoms with Crippen LogP contribution < -0.4 is 4.74 Å². The molecule has 8 heteroatoms. The number of benzene rings is 1. The number of pyridine rings is 1. The van der Waals surface area contributed by atoms with E-state index in [4.69, 9.17) is 9.26 Å².